The zero-order valence-electron chi connectivity index (χ0n) is 12.0. The molecule has 20 heavy (non-hydrogen) atoms. The zero-order valence-corrected chi connectivity index (χ0v) is 12.0. The van der Waals surface area contributed by atoms with Crippen LogP contribution in [0.4, 0.5) is 0 Å². The first-order chi connectivity index (χ1) is 9.79. The van der Waals surface area contributed by atoms with Crippen LogP contribution in [-0.4, -0.2) is 53.2 Å². The number of amides is 1. The lowest BCUT2D eigenvalue weighted by molar-refractivity contribution is -0.120. The van der Waals surface area contributed by atoms with Gasteiger partial charge in [0.25, 0.3) is 0 Å². The summed E-state index contributed by atoms with van der Waals surface area (Å²) in [4.78, 5) is 17.0. The van der Waals surface area contributed by atoms with Crippen molar-refractivity contribution in [2.24, 2.45) is 0 Å². The van der Waals surface area contributed by atoms with Crippen LogP contribution in [0.5, 0.6) is 0 Å². The Morgan fingerprint density at radius 2 is 2.40 bits per heavy atom. The number of nitrogens with zero attached hydrogens (tertiary/aromatic N) is 1. The number of likely N-dealkylation sites (tertiary alicyclic amines) is 1. The Bertz CT molecular complexity index is 392. The number of aromatic amines is 1. The molecule has 3 N–H and O–H groups in total. The van der Waals surface area contributed by atoms with E-state index in [2.05, 4.69) is 15.2 Å². The van der Waals surface area contributed by atoms with E-state index in [4.69, 9.17) is 0 Å². The molecule has 0 aromatic carbocycles. The van der Waals surface area contributed by atoms with Gasteiger partial charge in [-0.05, 0) is 50.9 Å². The predicted octanol–water partition coefficient (Wildman–Crippen LogP) is 0.910. The van der Waals surface area contributed by atoms with Gasteiger partial charge in [0.2, 0.25) is 5.91 Å². The maximum absolute atomic E-state index is 11.7. The maximum atomic E-state index is 11.7. The Labute approximate surface area is 120 Å². The molecule has 1 unspecified atom stereocenters. The van der Waals surface area contributed by atoms with Gasteiger partial charge in [0, 0.05) is 24.5 Å². The number of carbonyl (C=O) groups is 1. The van der Waals surface area contributed by atoms with Crippen LogP contribution >= 0.6 is 0 Å². The predicted molar refractivity (Wildman–Crippen MR) is 78.4 cm³/mol. The first kappa shape index (κ1) is 15.1. The second-order valence-electron chi connectivity index (χ2n) is 5.44. The minimum Gasteiger partial charge on any atom is -0.395 e. The van der Waals surface area contributed by atoms with Crippen LogP contribution in [0.25, 0.3) is 0 Å². The van der Waals surface area contributed by atoms with Gasteiger partial charge in [-0.3, -0.25) is 9.69 Å². The molecular formula is C15H25N3O2. The first-order valence-electron chi connectivity index (χ1n) is 7.53. The maximum Gasteiger partial charge on any atom is 0.225 e. The van der Waals surface area contributed by atoms with E-state index in [1.807, 2.05) is 18.3 Å². The number of aliphatic hydroxyl groups is 1. The average Bonchev–Trinajstić information content (AvgIpc) is 3.09. The average molecular weight is 279 g/mol. The van der Waals surface area contributed by atoms with Gasteiger partial charge in [0.1, 0.15) is 0 Å². The molecule has 2 heterocycles. The number of H-pyrrole nitrogens is 1. The molecule has 0 aliphatic carbocycles. The van der Waals surface area contributed by atoms with E-state index in [0.717, 1.165) is 44.6 Å². The molecule has 0 spiro atoms. The number of hydrogen-bond acceptors (Lipinski definition) is 3. The van der Waals surface area contributed by atoms with Crippen molar-refractivity contribution < 1.29 is 9.90 Å². The molecule has 5 heteroatoms. The van der Waals surface area contributed by atoms with Crippen molar-refractivity contribution in [3.8, 4) is 0 Å². The van der Waals surface area contributed by atoms with Crippen LogP contribution in [0, 0.1) is 0 Å². The number of hydrogen-bond donors (Lipinski definition) is 3. The third-order valence-electron chi connectivity index (χ3n) is 3.92. The van der Waals surface area contributed by atoms with E-state index < -0.39 is 0 Å². The number of aliphatic hydroxyl groups excluding tert-OH is 1. The summed E-state index contributed by atoms with van der Waals surface area (Å²) in [5.41, 5.74) is 0.949. The fourth-order valence-corrected chi connectivity index (χ4v) is 2.78. The van der Waals surface area contributed by atoms with Crippen LogP contribution in [0.15, 0.2) is 18.3 Å². The van der Waals surface area contributed by atoms with E-state index in [9.17, 15) is 9.90 Å². The molecule has 0 radical (unpaired) electrons. The van der Waals surface area contributed by atoms with Crippen molar-refractivity contribution in [1.29, 1.82) is 0 Å². The van der Waals surface area contributed by atoms with E-state index in [1.165, 1.54) is 6.42 Å². The molecular weight excluding hydrogens is 254 g/mol. The molecule has 1 aliphatic heterocycles. The van der Waals surface area contributed by atoms with Gasteiger partial charge in [-0.1, -0.05) is 0 Å². The van der Waals surface area contributed by atoms with Gasteiger partial charge in [-0.25, -0.2) is 0 Å². The van der Waals surface area contributed by atoms with Gasteiger partial charge >= 0.3 is 0 Å². The summed E-state index contributed by atoms with van der Waals surface area (Å²) in [5, 5.41) is 12.2. The molecule has 5 nitrogen and oxygen atoms in total. The van der Waals surface area contributed by atoms with Crippen molar-refractivity contribution in [2.45, 2.75) is 38.1 Å². The van der Waals surface area contributed by atoms with Gasteiger partial charge in [-0.15, -0.1) is 0 Å². The Balaban J connectivity index is 1.52. The Morgan fingerprint density at radius 1 is 1.50 bits per heavy atom. The van der Waals surface area contributed by atoms with E-state index in [1.54, 1.807) is 0 Å². The lowest BCUT2D eigenvalue weighted by Gasteiger charge is -2.22. The summed E-state index contributed by atoms with van der Waals surface area (Å²) in [6, 6.07) is 4.18. The molecule has 1 aliphatic rings. The van der Waals surface area contributed by atoms with Crippen molar-refractivity contribution in [3.05, 3.63) is 24.0 Å². The first-order valence-corrected chi connectivity index (χ1v) is 7.53. The smallest absolute Gasteiger partial charge is 0.225 e. The second kappa shape index (κ2) is 8.07. The summed E-state index contributed by atoms with van der Waals surface area (Å²) in [5.74, 6) is 0.0712. The Morgan fingerprint density at radius 3 is 3.15 bits per heavy atom. The normalized spacial score (nSPS) is 19.4. The largest absolute Gasteiger partial charge is 0.395 e. The number of carbonyl (C=O) groups excluding carboxylic acids is 1. The summed E-state index contributed by atoms with van der Waals surface area (Å²) in [7, 11) is 0. The molecule has 1 aromatic heterocycles. The highest BCUT2D eigenvalue weighted by molar-refractivity contribution is 5.78. The highest BCUT2D eigenvalue weighted by Gasteiger charge is 2.22. The quantitative estimate of drug-likeness (QED) is 0.620. The van der Waals surface area contributed by atoms with Crippen LogP contribution in [-0.2, 0) is 11.2 Å². The topological polar surface area (TPSA) is 68.4 Å². The monoisotopic (exact) mass is 279 g/mol. The molecule has 1 saturated heterocycles. The molecule has 0 saturated carbocycles. The van der Waals surface area contributed by atoms with Crippen molar-refractivity contribution in [3.63, 3.8) is 0 Å². The van der Waals surface area contributed by atoms with E-state index in [-0.39, 0.29) is 12.5 Å². The van der Waals surface area contributed by atoms with E-state index >= 15 is 0 Å². The standard InChI is InChI=1S/C15H25N3O2/c19-12-14-6-4-10-18(14)9-2-1-7-17-15(20)11-13-5-3-8-16-13/h3,5,8,14,16,19H,1-2,4,6-7,9-12H2,(H,17,20). The fraction of sp³-hybridized carbons (Fsp3) is 0.667. The number of nitrogens with one attached hydrogen (secondary N) is 2. The van der Waals surface area contributed by atoms with E-state index in [0.29, 0.717) is 12.5 Å². The minimum atomic E-state index is 0.0712. The van der Waals surface area contributed by atoms with Gasteiger partial charge in [0.15, 0.2) is 0 Å². The highest BCUT2D eigenvalue weighted by atomic mass is 16.3. The van der Waals surface area contributed by atoms with Crippen LogP contribution in [0.1, 0.15) is 31.4 Å². The Hall–Kier alpha value is -1.33. The number of aromatic nitrogens is 1. The molecule has 1 aromatic rings. The third kappa shape index (κ3) is 4.65. The molecule has 1 amide bonds. The Kier molecular flexibility index (Phi) is 6.08. The van der Waals surface area contributed by atoms with Gasteiger partial charge in [-0.2, -0.15) is 0 Å². The summed E-state index contributed by atoms with van der Waals surface area (Å²) < 4.78 is 0. The number of rotatable bonds is 8. The minimum absolute atomic E-state index is 0.0712. The van der Waals surface area contributed by atoms with Gasteiger partial charge < -0.3 is 15.4 Å². The van der Waals surface area contributed by atoms with Crippen molar-refractivity contribution in [2.75, 3.05) is 26.2 Å². The van der Waals surface area contributed by atoms with Crippen LogP contribution < -0.4 is 5.32 Å². The second-order valence-corrected chi connectivity index (χ2v) is 5.44. The van der Waals surface area contributed by atoms with Crippen LogP contribution in [0.3, 0.4) is 0 Å². The lowest BCUT2D eigenvalue weighted by Crippen LogP contribution is -2.33. The highest BCUT2D eigenvalue weighted by Crippen LogP contribution is 2.16. The van der Waals surface area contributed by atoms with Crippen LogP contribution in [0.2, 0.25) is 0 Å². The third-order valence-corrected chi connectivity index (χ3v) is 3.92. The molecule has 1 atom stereocenters. The van der Waals surface area contributed by atoms with Crippen molar-refractivity contribution >= 4 is 5.91 Å². The molecule has 0 bridgehead atoms. The zero-order chi connectivity index (χ0) is 14.2. The molecule has 1 fully saturated rings. The number of unbranched alkanes of at least 4 members (excludes halogenated alkanes) is 1. The SMILES string of the molecule is O=C(Cc1ccc[nH]1)NCCCCN1CCCC1CO. The fourth-order valence-electron chi connectivity index (χ4n) is 2.78. The van der Waals surface area contributed by atoms with Gasteiger partial charge in [0.05, 0.1) is 13.0 Å². The molecule has 112 valence electrons. The molecule has 2 rings (SSSR count). The summed E-state index contributed by atoms with van der Waals surface area (Å²) in [6.45, 7) is 3.13. The van der Waals surface area contributed by atoms with Crippen molar-refractivity contribution in [1.82, 2.24) is 15.2 Å². The summed E-state index contributed by atoms with van der Waals surface area (Å²) >= 11 is 0. The summed E-state index contributed by atoms with van der Waals surface area (Å²) in [6.07, 6.45) is 6.62. The lowest BCUT2D eigenvalue weighted by atomic mass is 10.2.